The number of nitrogens with zero attached hydrogens (tertiary/aromatic N) is 1. The Morgan fingerprint density at radius 1 is 0.700 bits per heavy atom. The second kappa shape index (κ2) is 4.75. The minimum Gasteiger partial charge on any atom is -0.248 e. The van der Waals surface area contributed by atoms with Crippen LogP contribution in [0.4, 0.5) is 0 Å². The number of fused-ring (bicyclic) bond motifs is 1. The van der Waals surface area contributed by atoms with E-state index < -0.39 is 0 Å². The molecule has 0 saturated carbocycles. The lowest BCUT2D eigenvalue weighted by atomic mass is 9.98. The van der Waals surface area contributed by atoms with Crippen LogP contribution in [0.2, 0.25) is 0 Å². The van der Waals surface area contributed by atoms with E-state index in [-0.39, 0.29) is 0 Å². The first-order chi connectivity index (χ1) is 9.54. The van der Waals surface area contributed by atoms with Gasteiger partial charge in [0.25, 0.3) is 0 Å². The summed E-state index contributed by atoms with van der Waals surface area (Å²) in [6, 6.07) is 15.2. The molecule has 0 aliphatic carbocycles. The van der Waals surface area contributed by atoms with Gasteiger partial charge in [0.05, 0.1) is 11.2 Å². The van der Waals surface area contributed by atoms with Crippen LogP contribution >= 0.6 is 0 Å². The van der Waals surface area contributed by atoms with Crippen molar-refractivity contribution < 1.29 is 0 Å². The van der Waals surface area contributed by atoms with Gasteiger partial charge < -0.3 is 0 Å². The van der Waals surface area contributed by atoms with Crippen LogP contribution in [0, 0.1) is 27.7 Å². The van der Waals surface area contributed by atoms with E-state index in [0.29, 0.717) is 0 Å². The molecular weight excluding hydrogens is 242 g/mol. The Bertz CT molecular complexity index is 800. The standard InChI is InChI=1S/C19H19N/c1-12-6-8-18-16(9-12)11-15(4)19(20-18)17-10-13(2)5-7-14(17)3/h5-11H,1-4H3. The van der Waals surface area contributed by atoms with Gasteiger partial charge in [-0.25, -0.2) is 4.98 Å². The van der Waals surface area contributed by atoms with Crippen molar-refractivity contribution in [2.24, 2.45) is 0 Å². The minimum atomic E-state index is 1.07. The van der Waals surface area contributed by atoms with Gasteiger partial charge in [-0.05, 0) is 63.1 Å². The third-order valence-corrected chi connectivity index (χ3v) is 3.81. The molecule has 2 aromatic carbocycles. The first-order valence-corrected chi connectivity index (χ1v) is 7.00. The van der Waals surface area contributed by atoms with E-state index in [1.54, 1.807) is 0 Å². The Hall–Kier alpha value is -2.15. The molecule has 1 heterocycles. The van der Waals surface area contributed by atoms with E-state index in [4.69, 9.17) is 4.98 Å². The molecule has 100 valence electrons. The van der Waals surface area contributed by atoms with Crippen molar-refractivity contribution in [2.45, 2.75) is 27.7 Å². The maximum atomic E-state index is 4.89. The summed E-state index contributed by atoms with van der Waals surface area (Å²) in [5.41, 5.74) is 8.47. The number of aryl methyl sites for hydroxylation is 4. The van der Waals surface area contributed by atoms with Crippen LogP contribution < -0.4 is 0 Å². The van der Waals surface area contributed by atoms with Crippen molar-refractivity contribution in [1.29, 1.82) is 0 Å². The van der Waals surface area contributed by atoms with Crippen LogP contribution in [0.25, 0.3) is 22.2 Å². The Kier molecular flexibility index (Phi) is 3.06. The molecule has 0 aliphatic heterocycles. The summed E-state index contributed by atoms with van der Waals surface area (Å²) in [6.07, 6.45) is 0. The zero-order valence-electron chi connectivity index (χ0n) is 12.5. The van der Waals surface area contributed by atoms with Crippen molar-refractivity contribution in [2.75, 3.05) is 0 Å². The van der Waals surface area contributed by atoms with Gasteiger partial charge in [0.2, 0.25) is 0 Å². The monoisotopic (exact) mass is 261 g/mol. The van der Waals surface area contributed by atoms with Crippen molar-refractivity contribution in [3.63, 3.8) is 0 Å². The molecule has 0 bridgehead atoms. The van der Waals surface area contributed by atoms with E-state index in [9.17, 15) is 0 Å². The number of aromatic nitrogens is 1. The summed E-state index contributed by atoms with van der Waals surface area (Å²) >= 11 is 0. The normalized spacial score (nSPS) is 11.0. The van der Waals surface area contributed by atoms with Gasteiger partial charge in [-0.3, -0.25) is 0 Å². The van der Waals surface area contributed by atoms with Gasteiger partial charge in [-0.15, -0.1) is 0 Å². The molecule has 0 radical (unpaired) electrons. The fourth-order valence-corrected chi connectivity index (χ4v) is 2.67. The second-order valence-electron chi connectivity index (χ2n) is 5.67. The van der Waals surface area contributed by atoms with Gasteiger partial charge >= 0.3 is 0 Å². The maximum Gasteiger partial charge on any atom is 0.0741 e. The fraction of sp³-hybridized carbons (Fsp3) is 0.211. The summed E-state index contributed by atoms with van der Waals surface area (Å²) in [5, 5.41) is 1.22. The number of hydrogen-bond donors (Lipinski definition) is 0. The lowest BCUT2D eigenvalue weighted by Gasteiger charge is -2.11. The summed E-state index contributed by atoms with van der Waals surface area (Å²) in [7, 11) is 0. The molecule has 1 heteroatoms. The SMILES string of the molecule is Cc1ccc(C)c(-c2nc3ccc(C)cc3cc2C)c1. The molecule has 0 aliphatic rings. The Morgan fingerprint density at radius 3 is 2.20 bits per heavy atom. The first kappa shape index (κ1) is 12.9. The average molecular weight is 261 g/mol. The van der Waals surface area contributed by atoms with Gasteiger partial charge in [0.1, 0.15) is 0 Å². The number of benzene rings is 2. The van der Waals surface area contributed by atoms with Gasteiger partial charge in [0.15, 0.2) is 0 Å². The molecule has 0 atom stereocenters. The molecule has 3 rings (SSSR count). The highest BCUT2D eigenvalue weighted by molar-refractivity contribution is 5.84. The largest absolute Gasteiger partial charge is 0.248 e. The van der Waals surface area contributed by atoms with Gasteiger partial charge in [-0.1, -0.05) is 29.3 Å². The highest BCUT2D eigenvalue weighted by Gasteiger charge is 2.09. The molecule has 20 heavy (non-hydrogen) atoms. The number of hydrogen-bond acceptors (Lipinski definition) is 1. The molecular formula is C19H19N. The summed E-state index contributed by atoms with van der Waals surface area (Å²) in [6.45, 7) is 8.54. The second-order valence-corrected chi connectivity index (χ2v) is 5.67. The van der Waals surface area contributed by atoms with E-state index in [1.807, 2.05) is 0 Å². The highest BCUT2D eigenvalue weighted by Crippen LogP contribution is 2.28. The summed E-state index contributed by atoms with van der Waals surface area (Å²) < 4.78 is 0. The zero-order valence-corrected chi connectivity index (χ0v) is 12.5. The van der Waals surface area contributed by atoms with Crippen LogP contribution in [0.3, 0.4) is 0 Å². The summed E-state index contributed by atoms with van der Waals surface area (Å²) in [5.74, 6) is 0. The van der Waals surface area contributed by atoms with E-state index in [0.717, 1.165) is 11.2 Å². The van der Waals surface area contributed by atoms with Crippen LogP contribution in [-0.2, 0) is 0 Å². The Morgan fingerprint density at radius 2 is 1.40 bits per heavy atom. The minimum absolute atomic E-state index is 1.07. The fourth-order valence-electron chi connectivity index (χ4n) is 2.67. The molecule has 0 unspecified atom stereocenters. The van der Waals surface area contributed by atoms with E-state index in [2.05, 4.69) is 70.2 Å². The van der Waals surface area contributed by atoms with Gasteiger partial charge in [-0.2, -0.15) is 0 Å². The molecule has 1 nitrogen and oxygen atoms in total. The topological polar surface area (TPSA) is 12.9 Å². The van der Waals surface area contributed by atoms with Crippen LogP contribution in [-0.4, -0.2) is 4.98 Å². The number of rotatable bonds is 1. The molecule has 1 aromatic heterocycles. The third-order valence-electron chi connectivity index (χ3n) is 3.81. The van der Waals surface area contributed by atoms with E-state index >= 15 is 0 Å². The van der Waals surface area contributed by atoms with Crippen molar-refractivity contribution >= 4 is 10.9 Å². The van der Waals surface area contributed by atoms with Crippen molar-refractivity contribution in [3.05, 3.63) is 64.7 Å². The highest BCUT2D eigenvalue weighted by atomic mass is 14.7. The Labute approximate surface area is 120 Å². The Balaban J connectivity index is 2.28. The zero-order chi connectivity index (χ0) is 14.3. The third kappa shape index (κ3) is 2.20. The van der Waals surface area contributed by atoms with Crippen LogP contribution in [0.1, 0.15) is 22.3 Å². The maximum absolute atomic E-state index is 4.89. The molecule has 0 amide bonds. The van der Waals surface area contributed by atoms with Crippen LogP contribution in [0.15, 0.2) is 42.5 Å². The molecule has 3 aromatic rings. The predicted molar refractivity (Wildman–Crippen MR) is 86.1 cm³/mol. The van der Waals surface area contributed by atoms with Crippen molar-refractivity contribution in [3.8, 4) is 11.3 Å². The number of pyridine rings is 1. The van der Waals surface area contributed by atoms with E-state index in [1.165, 1.54) is 33.2 Å². The molecule has 0 fully saturated rings. The van der Waals surface area contributed by atoms with Crippen LogP contribution in [0.5, 0.6) is 0 Å². The van der Waals surface area contributed by atoms with Gasteiger partial charge in [0, 0.05) is 10.9 Å². The molecule has 0 saturated heterocycles. The predicted octanol–water partition coefficient (Wildman–Crippen LogP) is 5.14. The first-order valence-electron chi connectivity index (χ1n) is 7.00. The summed E-state index contributed by atoms with van der Waals surface area (Å²) in [4.78, 5) is 4.89. The lowest BCUT2D eigenvalue weighted by molar-refractivity contribution is 1.29. The molecule has 0 N–H and O–H groups in total. The quantitative estimate of drug-likeness (QED) is 0.591. The van der Waals surface area contributed by atoms with Crippen molar-refractivity contribution in [1.82, 2.24) is 4.98 Å². The smallest absolute Gasteiger partial charge is 0.0741 e. The lowest BCUT2D eigenvalue weighted by Crippen LogP contribution is -1.93. The average Bonchev–Trinajstić information content (AvgIpc) is 2.41. The molecule has 0 spiro atoms.